The molecule has 0 spiro atoms. The largest absolute Gasteiger partial charge is 0.497 e. The first kappa shape index (κ1) is 11.9. The number of ether oxygens (including phenoxy) is 1. The molecule has 1 aromatic rings. The molecule has 1 fully saturated rings. The summed E-state index contributed by atoms with van der Waals surface area (Å²) in [6, 6.07) is 5.06. The van der Waals surface area contributed by atoms with E-state index in [1.54, 1.807) is 7.11 Å². The van der Waals surface area contributed by atoms with Crippen LogP contribution >= 0.6 is 15.9 Å². The molecular formula is C13H16BrFO. The highest BCUT2D eigenvalue weighted by Gasteiger charge is 2.50. The van der Waals surface area contributed by atoms with Gasteiger partial charge in [0.05, 0.1) is 7.11 Å². The molecule has 0 aromatic heterocycles. The lowest BCUT2D eigenvalue weighted by atomic mass is 10.0. The van der Waals surface area contributed by atoms with Gasteiger partial charge in [0.25, 0.3) is 0 Å². The van der Waals surface area contributed by atoms with Gasteiger partial charge in [-0.3, -0.25) is 0 Å². The van der Waals surface area contributed by atoms with Gasteiger partial charge in [0, 0.05) is 16.5 Å². The third kappa shape index (κ3) is 2.10. The standard InChI is InChI=1S/C13H16BrFO/c1-13(2)7-10(13)12(14)9-5-4-8(16-3)6-11(9)15/h4-6,10,12H,7H2,1-3H3. The van der Waals surface area contributed by atoms with E-state index in [0.717, 1.165) is 12.0 Å². The fourth-order valence-corrected chi connectivity index (χ4v) is 3.36. The zero-order valence-electron chi connectivity index (χ0n) is 9.76. The Bertz CT molecular complexity index is 403. The van der Waals surface area contributed by atoms with Crippen LogP contribution in [0.25, 0.3) is 0 Å². The minimum Gasteiger partial charge on any atom is -0.497 e. The van der Waals surface area contributed by atoms with Crippen molar-refractivity contribution in [2.24, 2.45) is 11.3 Å². The second-order valence-corrected chi connectivity index (χ2v) is 6.07. The van der Waals surface area contributed by atoms with Crippen molar-refractivity contribution in [2.45, 2.75) is 25.1 Å². The van der Waals surface area contributed by atoms with Crippen LogP contribution < -0.4 is 4.74 Å². The van der Waals surface area contributed by atoms with E-state index in [2.05, 4.69) is 29.8 Å². The van der Waals surface area contributed by atoms with E-state index in [9.17, 15) is 4.39 Å². The van der Waals surface area contributed by atoms with Gasteiger partial charge >= 0.3 is 0 Å². The third-order valence-corrected chi connectivity index (χ3v) is 4.58. The lowest BCUT2D eigenvalue weighted by Crippen LogP contribution is -2.01. The molecule has 0 heterocycles. The van der Waals surface area contributed by atoms with Gasteiger partial charge in [-0.2, -0.15) is 0 Å². The van der Waals surface area contributed by atoms with Crippen LogP contribution in [-0.2, 0) is 0 Å². The number of halogens is 2. The lowest BCUT2D eigenvalue weighted by Gasteiger charge is -2.13. The first-order chi connectivity index (χ1) is 7.45. The average molecular weight is 287 g/mol. The van der Waals surface area contributed by atoms with Crippen LogP contribution in [0, 0.1) is 17.2 Å². The second kappa shape index (κ2) is 4.02. The van der Waals surface area contributed by atoms with Crippen LogP contribution in [0.1, 0.15) is 30.7 Å². The highest BCUT2D eigenvalue weighted by atomic mass is 79.9. The van der Waals surface area contributed by atoms with E-state index in [1.165, 1.54) is 6.07 Å². The maximum atomic E-state index is 13.8. The topological polar surface area (TPSA) is 9.23 Å². The van der Waals surface area contributed by atoms with E-state index in [4.69, 9.17) is 4.74 Å². The van der Waals surface area contributed by atoms with Gasteiger partial charge in [-0.1, -0.05) is 35.8 Å². The number of benzene rings is 1. The van der Waals surface area contributed by atoms with Gasteiger partial charge in [0.1, 0.15) is 11.6 Å². The Morgan fingerprint density at radius 2 is 2.12 bits per heavy atom. The fraction of sp³-hybridized carbons (Fsp3) is 0.538. The Labute approximate surface area is 104 Å². The Hall–Kier alpha value is -0.570. The minimum atomic E-state index is -0.191. The molecule has 1 aliphatic rings. The second-order valence-electron chi connectivity index (χ2n) is 5.09. The number of alkyl halides is 1. The van der Waals surface area contributed by atoms with E-state index >= 15 is 0 Å². The summed E-state index contributed by atoms with van der Waals surface area (Å²) in [5.41, 5.74) is 1.07. The van der Waals surface area contributed by atoms with Crippen LogP contribution in [0.5, 0.6) is 5.75 Å². The normalized spacial score (nSPS) is 23.9. The number of rotatable bonds is 3. The minimum absolute atomic E-state index is 0.105. The molecule has 2 rings (SSSR count). The van der Waals surface area contributed by atoms with Gasteiger partial charge in [-0.05, 0) is 23.8 Å². The maximum absolute atomic E-state index is 13.8. The molecule has 1 aromatic carbocycles. The number of methoxy groups -OCH3 is 1. The van der Waals surface area contributed by atoms with Gasteiger partial charge < -0.3 is 4.74 Å². The van der Waals surface area contributed by atoms with Crippen molar-refractivity contribution in [1.29, 1.82) is 0 Å². The number of hydrogen-bond donors (Lipinski definition) is 0. The molecule has 3 heteroatoms. The predicted octanol–water partition coefficient (Wildman–Crippen LogP) is 4.32. The first-order valence-electron chi connectivity index (χ1n) is 5.43. The van der Waals surface area contributed by atoms with Crippen molar-refractivity contribution < 1.29 is 9.13 Å². The monoisotopic (exact) mass is 286 g/mol. The Kier molecular flexibility index (Phi) is 2.99. The summed E-state index contributed by atoms with van der Waals surface area (Å²) in [4.78, 5) is 0.105. The molecular weight excluding hydrogens is 271 g/mol. The van der Waals surface area contributed by atoms with Crippen molar-refractivity contribution in [3.8, 4) is 5.75 Å². The zero-order chi connectivity index (χ0) is 11.9. The predicted molar refractivity (Wildman–Crippen MR) is 66.5 cm³/mol. The summed E-state index contributed by atoms with van der Waals surface area (Å²) < 4.78 is 18.8. The molecule has 1 nitrogen and oxygen atoms in total. The molecule has 2 atom stereocenters. The maximum Gasteiger partial charge on any atom is 0.131 e. The van der Waals surface area contributed by atoms with Crippen LogP contribution in [0.4, 0.5) is 4.39 Å². The lowest BCUT2D eigenvalue weighted by molar-refractivity contribution is 0.410. The SMILES string of the molecule is COc1ccc(C(Br)C2CC2(C)C)c(F)c1. The van der Waals surface area contributed by atoms with E-state index in [1.807, 2.05) is 12.1 Å². The Balaban J connectivity index is 2.21. The smallest absolute Gasteiger partial charge is 0.131 e. The molecule has 0 radical (unpaired) electrons. The average Bonchev–Trinajstić information content (AvgIpc) is 2.86. The highest BCUT2D eigenvalue weighted by molar-refractivity contribution is 9.09. The summed E-state index contributed by atoms with van der Waals surface area (Å²) in [6.07, 6.45) is 1.15. The summed E-state index contributed by atoms with van der Waals surface area (Å²) >= 11 is 3.60. The molecule has 2 unspecified atom stereocenters. The van der Waals surface area contributed by atoms with Crippen LogP contribution in [0.3, 0.4) is 0 Å². The fourth-order valence-electron chi connectivity index (χ4n) is 2.08. The van der Waals surface area contributed by atoms with Crippen molar-refractivity contribution in [3.05, 3.63) is 29.6 Å². The van der Waals surface area contributed by atoms with Gasteiger partial charge in [-0.25, -0.2) is 4.39 Å². The van der Waals surface area contributed by atoms with Crippen molar-refractivity contribution in [1.82, 2.24) is 0 Å². The van der Waals surface area contributed by atoms with E-state index in [0.29, 0.717) is 17.1 Å². The molecule has 0 aliphatic heterocycles. The van der Waals surface area contributed by atoms with Crippen LogP contribution in [-0.4, -0.2) is 7.11 Å². The Morgan fingerprint density at radius 3 is 2.56 bits per heavy atom. The number of hydrogen-bond acceptors (Lipinski definition) is 1. The van der Waals surface area contributed by atoms with Crippen molar-refractivity contribution in [3.63, 3.8) is 0 Å². The van der Waals surface area contributed by atoms with Gasteiger partial charge in [0.2, 0.25) is 0 Å². The van der Waals surface area contributed by atoms with Crippen LogP contribution in [0.2, 0.25) is 0 Å². The quantitative estimate of drug-likeness (QED) is 0.752. The third-order valence-electron chi connectivity index (χ3n) is 3.45. The molecule has 16 heavy (non-hydrogen) atoms. The Morgan fingerprint density at radius 1 is 1.50 bits per heavy atom. The van der Waals surface area contributed by atoms with Crippen LogP contribution in [0.15, 0.2) is 18.2 Å². The molecule has 1 saturated carbocycles. The first-order valence-corrected chi connectivity index (χ1v) is 6.35. The highest BCUT2D eigenvalue weighted by Crippen LogP contribution is 2.60. The van der Waals surface area contributed by atoms with Gasteiger partial charge in [0.15, 0.2) is 0 Å². The summed E-state index contributed by atoms with van der Waals surface area (Å²) in [5.74, 6) is 0.898. The molecule has 0 bridgehead atoms. The molecule has 0 N–H and O–H groups in total. The van der Waals surface area contributed by atoms with E-state index < -0.39 is 0 Å². The molecule has 1 aliphatic carbocycles. The molecule has 88 valence electrons. The van der Waals surface area contributed by atoms with Crippen molar-refractivity contribution >= 4 is 15.9 Å². The summed E-state index contributed by atoms with van der Waals surface area (Å²) in [7, 11) is 1.55. The summed E-state index contributed by atoms with van der Waals surface area (Å²) in [5, 5.41) is 0. The molecule has 0 saturated heterocycles. The molecule has 0 amide bonds. The van der Waals surface area contributed by atoms with Gasteiger partial charge in [-0.15, -0.1) is 0 Å². The van der Waals surface area contributed by atoms with Crippen molar-refractivity contribution in [2.75, 3.05) is 7.11 Å². The summed E-state index contributed by atoms with van der Waals surface area (Å²) in [6.45, 7) is 4.43. The zero-order valence-corrected chi connectivity index (χ0v) is 11.3. The van der Waals surface area contributed by atoms with E-state index in [-0.39, 0.29) is 10.6 Å².